The second kappa shape index (κ2) is 6.91. The number of nitrogens with one attached hydrogen (secondary N) is 2. The summed E-state index contributed by atoms with van der Waals surface area (Å²) in [7, 11) is 1.61. The Kier molecular flexibility index (Phi) is 5.46. The SMILES string of the molecule is COc1cc(NC(=O)C2CCNC(C)C2)c(Br)cc1Br. The van der Waals surface area contributed by atoms with Crippen molar-refractivity contribution < 1.29 is 9.53 Å². The maximum absolute atomic E-state index is 12.3. The Labute approximate surface area is 135 Å². The summed E-state index contributed by atoms with van der Waals surface area (Å²) in [5.41, 5.74) is 0.737. The summed E-state index contributed by atoms with van der Waals surface area (Å²) in [6, 6.07) is 4.08. The monoisotopic (exact) mass is 404 g/mol. The summed E-state index contributed by atoms with van der Waals surface area (Å²) in [4.78, 5) is 12.3. The van der Waals surface area contributed by atoms with E-state index in [1.54, 1.807) is 7.11 Å². The predicted octanol–water partition coefficient (Wildman–Crippen LogP) is 3.55. The van der Waals surface area contributed by atoms with Crippen molar-refractivity contribution >= 4 is 43.5 Å². The molecule has 0 saturated carbocycles. The summed E-state index contributed by atoms with van der Waals surface area (Å²) in [6.45, 7) is 3.00. The van der Waals surface area contributed by atoms with Gasteiger partial charge >= 0.3 is 0 Å². The average molecular weight is 406 g/mol. The van der Waals surface area contributed by atoms with Gasteiger partial charge in [0.1, 0.15) is 5.75 Å². The quantitative estimate of drug-likeness (QED) is 0.808. The van der Waals surface area contributed by atoms with E-state index < -0.39 is 0 Å². The van der Waals surface area contributed by atoms with Crippen LogP contribution in [0.25, 0.3) is 0 Å². The van der Waals surface area contributed by atoms with Crippen LogP contribution >= 0.6 is 31.9 Å². The third-order valence-corrected chi connectivity index (χ3v) is 4.77. The van der Waals surface area contributed by atoms with E-state index in [4.69, 9.17) is 4.74 Å². The van der Waals surface area contributed by atoms with Gasteiger partial charge in [0.05, 0.1) is 17.3 Å². The molecule has 0 aliphatic carbocycles. The van der Waals surface area contributed by atoms with Gasteiger partial charge in [-0.1, -0.05) is 0 Å². The molecule has 0 radical (unpaired) electrons. The first-order valence-electron chi connectivity index (χ1n) is 6.58. The second-order valence-corrected chi connectivity index (χ2v) is 6.74. The summed E-state index contributed by atoms with van der Waals surface area (Å²) in [5.74, 6) is 0.832. The van der Waals surface area contributed by atoms with Gasteiger partial charge in [-0.3, -0.25) is 4.79 Å². The van der Waals surface area contributed by atoms with Crippen molar-refractivity contribution in [2.75, 3.05) is 19.0 Å². The Hall–Kier alpha value is -0.590. The zero-order valence-electron chi connectivity index (χ0n) is 11.5. The molecular weight excluding hydrogens is 388 g/mol. The molecule has 0 bridgehead atoms. The Morgan fingerprint density at radius 3 is 2.80 bits per heavy atom. The fourth-order valence-corrected chi connectivity index (χ4v) is 3.64. The number of carbonyl (C=O) groups is 1. The van der Waals surface area contributed by atoms with Crippen LogP contribution in [0.5, 0.6) is 5.75 Å². The molecular formula is C14H18Br2N2O2. The van der Waals surface area contributed by atoms with Crippen molar-refractivity contribution in [2.24, 2.45) is 5.92 Å². The van der Waals surface area contributed by atoms with Crippen molar-refractivity contribution in [3.63, 3.8) is 0 Å². The van der Waals surface area contributed by atoms with Crippen LogP contribution in [0.1, 0.15) is 19.8 Å². The lowest BCUT2D eigenvalue weighted by Gasteiger charge is -2.27. The van der Waals surface area contributed by atoms with Gasteiger partial charge in [-0.25, -0.2) is 0 Å². The number of halogens is 2. The van der Waals surface area contributed by atoms with Gasteiger partial charge in [0, 0.05) is 22.5 Å². The van der Waals surface area contributed by atoms with Gasteiger partial charge in [-0.05, 0) is 64.2 Å². The number of ether oxygens (including phenoxy) is 1. The standard InChI is InChI=1S/C14H18Br2N2O2/c1-8-5-9(3-4-17-8)14(19)18-12-7-13(20-2)11(16)6-10(12)15/h6-9,17H,3-5H2,1-2H3,(H,18,19). The number of benzene rings is 1. The zero-order valence-corrected chi connectivity index (χ0v) is 14.7. The van der Waals surface area contributed by atoms with Crippen LogP contribution < -0.4 is 15.4 Å². The van der Waals surface area contributed by atoms with Crippen LogP contribution in [0, 0.1) is 5.92 Å². The molecule has 2 rings (SSSR count). The molecule has 1 aromatic rings. The summed E-state index contributed by atoms with van der Waals surface area (Å²) in [5, 5.41) is 6.34. The van der Waals surface area contributed by atoms with Crippen molar-refractivity contribution in [2.45, 2.75) is 25.8 Å². The van der Waals surface area contributed by atoms with Crippen LogP contribution in [0.2, 0.25) is 0 Å². The first-order chi connectivity index (χ1) is 9.51. The third-order valence-electron chi connectivity index (χ3n) is 3.49. The molecule has 1 saturated heterocycles. The van der Waals surface area contributed by atoms with E-state index in [0.717, 1.165) is 34.0 Å². The van der Waals surface area contributed by atoms with Crippen molar-refractivity contribution in [3.05, 3.63) is 21.1 Å². The maximum Gasteiger partial charge on any atom is 0.227 e. The highest BCUT2D eigenvalue weighted by molar-refractivity contribution is 9.11. The molecule has 110 valence electrons. The number of rotatable bonds is 3. The van der Waals surface area contributed by atoms with Crippen LogP contribution in [0.3, 0.4) is 0 Å². The van der Waals surface area contributed by atoms with Gasteiger partial charge in [-0.2, -0.15) is 0 Å². The molecule has 4 nitrogen and oxygen atoms in total. The van der Waals surface area contributed by atoms with Crippen LogP contribution in [-0.2, 0) is 4.79 Å². The fraction of sp³-hybridized carbons (Fsp3) is 0.500. The normalized spacial score (nSPS) is 22.4. The minimum atomic E-state index is 0.0628. The number of piperidine rings is 1. The molecule has 1 fully saturated rings. The number of hydrogen-bond donors (Lipinski definition) is 2. The Balaban J connectivity index is 2.11. The lowest BCUT2D eigenvalue weighted by molar-refractivity contribution is -0.120. The smallest absolute Gasteiger partial charge is 0.227 e. The van der Waals surface area contributed by atoms with E-state index >= 15 is 0 Å². The molecule has 1 aliphatic rings. The molecule has 6 heteroatoms. The molecule has 20 heavy (non-hydrogen) atoms. The Morgan fingerprint density at radius 2 is 2.15 bits per heavy atom. The van der Waals surface area contributed by atoms with Crippen LogP contribution in [-0.4, -0.2) is 25.6 Å². The fourth-order valence-electron chi connectivity index (χ4n) is 2.39. The highest BCUT2D eigenvalue weighted by Crippen LogP contribution is 2.35. The summed E-state index contributed by atoms with van der Waals surface area (Å²) < 4.78 is 6.94. The van der Waals surface area contributed by atoms with Gasteiger partial charge in [0.25, 0.3) is 0 Å². The molecule has 0 spiro atoms. The van der Waals surface area contributed by atoms with Crippen LogP contribution in [0.4, 0.5) is 5.69 Å². The van der Waals surface area contributed by atoms with E-state index in [9.17, 15) is 4.79 Å². The molecule has 1 amide bonds. The first-order valence-corrected chi connectivity index (χ1v) is 8.17. The topological polar surface area (TPSA) is 50.4 Å². The van der Waals surface area contributed by atoms with Crippen molar-refractivity contribution in [3.8, 4) is 5.75 Å². The first kappa shape index (κ1) is 15.8. The number of hydrogen-bond acceptors (Lipinski definition) is 3. The van der Waals surface area contributed by atoms with Gasteiger partial charge in [0.15, 0.2) is 0 Å². The molecule has 0 aromatic heterocycles. The highest BCUT2D eigenvalue weighted by atomic mass is 79.9. The van der Waals surface area contributed by atoms with E-state index in [0.29, 0.717) is 11.8 Å². The molecule has 1 aromatic carbocycles. The molecule has 1 aliphatic heterocycles. The van der Waals surface area contributed by atoms with E-state index in [1.807, 2.05) is 12.1 Å². The van der Waals surface area contributed by atoms with E-state index in [2.05, 4.69) is 49.4 Å². The lowest BCUT2D eigenvalue weighted by Crippen LogP contribution is -2.40. The third kappa shape index (κ3) is 3.74. The van der Waals surface area contributed by atoms with Crippen molar-refractivity contribution in [1.82, 2.24) is 5.32 Å². The molecule has 1 heterocycles. The molecule has 2 N–H and O–H groups in total. The largest absolute Gasteiger partial charge is 0.495 e. The number of carbonyl (C=O) groups excluding carboxylic acids is 1. The highest BCUT2D eigenvalue weighted by Gasteiger charge is 2.25. The summed E-state index contributed by atoms with van der Waals surface area (Å²) >= 11 is 6.88. The van der Waals surface area contributed by atoms with Crippen molar-refractivity contribution in [1.29, 1.82) is 0 Å². The van der Waals surface area contributed by atoms with Gasteiger partial charge in [-0.15, -0.1) is 0 Å². The maximum atomic E-state index is 12.3. The predicted molar refractivity (Wildman–Crippen MR) is 87.2 cm³/mol. The Morgan fingerprint density at radius 1 is 1.40 bits per heavy atom. The molecule has 2 atom stereocenters. The zero-order chi connectivity index (χ0) is 14.7. The summed E-state index contributed by atoms with van der Waals surface area (Å²) in [6.07, 6.45) is 1.75. The van der Waals surface area contributed by atoms with Gasteiger partial charge < -0.3 is 15.4 Å². The number of amides is 1. The minimum Gasteiger partial charge on any atom is -0.495 e. The average Bonchev–Trinajstić information content (AvgIpc) is 2.41. The van der Waals surface area contributed by atoms with E-state index in [1.165, 1.54) is 0 Å². The lowest BCUT2D eigenvalue weighted by atomic mass is 9.92. The number of methoxy groups -OCH3 is 1. The van der Waals surface area contributed by atoms with E-state index in [-0.39, 0.29) is 11.8 Å². The van der Waals surface area contributed by atoms with Gasteiger partial charge in [0.2, 0.25) is 5.91 Å². The molecule has 2 unspecified atom stereocenters. The second-order valence-electron chi connectivity index (χ2n) is 5.03. The van der Waals surface area contributed by atoms with Crippen LogP contribution in [0.15, 0.2) is 21.1 Å². The number of anilines is 1. The Bertz CT molecular complexity index is 508. The minimum absolute atomic E-state index is 0.0628.